The summed E-state index contributed by atoms with van der Waals surface area (Å²) in [6.07, 6.45) is 3.78. The molecule has 0 aliphatic carbocycles. The van der Waals surface area contributed by atoms with Crippen LogP contribution in [0.25, 0.3) is 0 Å². The summed E-state index contributed by atoms with van der Waals surface area (Å²) in [5.74, 6) is 0.930. The van der Waals surface area contributed by atoms with Crippen molar-refractivity contribution in [3.63, 3.8) is 0 Å². The van der Waals surface area contributed by atoms with Crippen LogP contribution in [0.1, 0.15) is 29.9 Å². The second-order valence-electron chi connectivity index (χ2n) is 6.00. The molecule has 1 fully saturated rings. The van der Waals surface area contributed by atoms with Crippen molar-refractivity contribution < 1.29 is 4.79 Å². The van der Waals surface area contributed by atoms with Crippen LogP contribution in [-0.4, -0.2) is 45.3 Å². The molecule has 1 aromatic carbocycles. The molecule has 1 aromatic heterocycles. The summed E-state index contributed by atoms with van der Waals surface area (Å²) in [6, 6.07) is 10.6. The molecule has 0 spiro atoms. The highest BCUT2D eigenvalue weighted by molar-refractivity contribution is 5.73. The first kappa shape index (κ1) is 15.6. The largest absolute Gasteiger partial charge is 0.340 e. The fourth-order valence-electron chi connectivity index (χ4n) is 3.02. The lowest BCUT2D eigenvalue weighted by Gasteiger charge is -2.41. The van der Waals surface area contributed by atoms with Gasteiger partial charge < -0.3 is 4.90 Å². The van der Waals surface area contributed by atoms with Crippen molar-refractivity contribution in [2.24, 2.45) is 0 Å². The van der Waals surface area contributed by atoms with Crippen LogP contribution in [0.15, 0.2) is 42.7 Å². The third kappa shape index (κ3) is 3.74. The van der Waals surface area contributed by atoms with Crippen LogP contribution in [0, 0.1) is 6.92 Å². The molecule has 120 valence electrons. The number of aromatic nitrogens is 2. The zero-order chi connectivity index (χ0) is 16.2. The normalized spacial score (nSPS) is 18.9. The minimum Gasteiger partial charge on any atom is -0.340 e. The Bertz CT molecular complexity index is 656. The van der Waals surface area contributed by atoms with Gasteiger partial charge in [0, 0.05) is 51.1 Å². The SMILES string of the molecule is CC(=O)N1CCN(Cc2cnc(C)nc2)[C@@H](c2ccccc2)C1. The summed E-state index contributed by atoms with van der Waals surface area (Å²) in [7, 11) is 0. The Hall–Kier alpha value is -2.27. The van der Waals surface area contributed by atoms with Crippen molar-refractivity contribution in [1.29, 1.82) is 0 Å². The second kappa shape index (κ2) is 6.87. The van der Waals surface area contributed by atoms with Gasteiger partial charge in [-0.1, -0.05) is 30.3 Å². The Morgan fingerprint density at radius 2 is 1.87 bits per heavy atom. The van der Waals surface area contributed by atoms with E-state index in [0.29, 0.717) is 0 Å². The molecule has 0 N–H and O–H groups in total. The van der Waals surface area contributed by atoms with E-state index in [2.05, 4.69) is 39.1 Å². The topological polar surface area (TPSA) is 49.3 Å². The van der Waals surface area contributed by atoms with Gasteiger partial charge in [0.25, 0.3) is 0 Å². The van der Waals surface area contributed by atoms with Gasteiger partial charge >= 0.3 is 0 Å². The number of hydrogen-bond donors (Lipinski definition) is 0. The Kier molecular flexibility index (Phi) is 4.67. The molecule has 0 bridgehead atoms. The van der Waals surface area contributed by atoms with E-state index >= 15 is 0 Å². The maximum atomic E-state index is 11.8. The number of benzene rings is 1. The summed E-state index contributed by atoms with van der Waals surface area (Å²) in [5.41, 5.74) is 2.35. The molecule has 1 amide bonds. The van der Waals surface area contributed by atoms with Gasteiger partial charge in [0.2, 0.25) is 5.91 Å². The van der Waals surface area contributed by atoms with E-state index in [9.17, 15) is 4.79 Å². The molecule has 1 aliphatic heterocycles. The van der Waals surface area contributed by atoms with Crippen LogP contribution in [0.5, 0.6) is 0 Å². The van der Waals surface area contributed by atoms with Crippen molar-refractivity contribution >= 4 is 5.91 Å². The van der Waals surface area contributed by atoms with Crippen molar-refractivity contribution in [2.45, 2.75) is 26.4 Å². The van der Waals surface area contributed by atoms with Crippen molar-refractivity contribution in [2.75, 3.05) is 19.6 Å². The van der Waals surface area contributed by atoms with E-state index in [1.807, 2.05) is 30.3 Å². The van der Waals surface area contributed by atoms with Crippen molar-refractivity contribution in [3.05, 3.63) is 59.7 Å². The van der Waals surface area contributed by atoms with E-state index in [0.717, 1.165) is 37.6 Å². The lowest BCUT2D eigenvalue weighted by atomic mass is 10.0. The number of carbonyl (C=O) groups excluding carboxylic acids is 1. The number of carbonyl (C=O) groups is 1. The van der Waals surface area contributed by atoms with E-state index in [4.69, 9.17) is 0 Å². The van der Waals surface area contributed by atoms with Gasteiger partial charge in [0.15, 0.2) is 0 Å². The van der Waals surface area contributed by atoms with Gasteiger partial charge in [-0.2, -0.15) is 0 Å². The maximum Gasteiger partial charge on any atom is 0.219 e. The molecule has 23 heavy (non-hydrogen) atoms. The Balaban J connectivity index is 1.82. The monoisotopic (exact) mass is 310 g/mol. The molecular formula is C18H22N4O. The van der Waals surface area contributed by atoms with Crippen LogP contribution < -0.4 is 0 Å². The lowest BCUT2D eigenvalue weighted by molar-refractivity contribution is -0.132. The molecule has 5 nitrogen and oxygen atoms in total. The Morgan fingerprint density at radius 3 is 2.52 bits per heavy atom. The molecule has 0 unspecified atom stereocenters. The lowest BCUT2D eigenvalue weighted by Crippen LogP contribution is -2.49. The molecule has 0 saturated carbocycles. The number of nitrogens with zero attached hydrogens (tertiary/aromatic N) is 4. The molecule has 0 radical (unpaired) electrons. The van der Waals surface area contributed by atoms with Gasteiger partial charge in [-0.3, -0.25) is 9.69 Å². The Morgan fingerprint density at radius 1 is 1.17 bits per heavy atom. The molecule has 2 heterocycles. The third-order valence-electron chi connectivity index (χ3n) is 4.34. The van der Waals surface area contributed by atoms with Gasteiger partial charge in [-0.15, -0.1) is 0 Å². The highest BCUT2D eigenvalue weighted by Crippen LogP contribution is 2.27. The van der Waals surface area contributed by atoms with Gasteiger partial charge in [-0.25, -0.2) is 9.97 Å². The summed E-state index contributed by atoms with van der Waals surface area (Å²) in [4.78, 5) is 24.7. The first-order chi connectivity index (χ1) is 11.1. The molecule has 1 saturated heterocycles. The first-order valence-electron chi connectivity index (χ1n) is 7.95. The zero-order valence-corrected chi connectivity index (χ0v) is 13.6. The van der Waals surface area contributed by atoms with Crippen LogP contribution >= 0.6 is 0 Å². The minimum atomic E-state index is 0.143. The predicted molar refractivity (Wildman–Crippen MR) is 88.6 cm³/mol. The van der Waals surface area contributed by atoms with Crippen LogP contribution in [0.3, 0.4) is 0 Å². The van der Waals surface area contributed by atoms with Crippen LogP contribution in [0.4, 0.5) is 0 Å². The minimum absolute atomic E-state index is 0.143. The van der Waals surface area contributed by atoms with E-state index in [1.165, 1.54) is 5.56 Å². The van der Waals surface area contributed by atoms with Crippen LogP contribution in [-0.2, 0) is 11.3 Å². The molecular weight excluding hydrogens is 288 g/mol. The fraction of sp³-hybridized carbons (Fsp3) is 0.389. The predicted octanol–water partition coefficient (Wildman–Crippen LogP) is 2.19. The number of amides is 1. The average molecular weight is 310 g/mol. The summed E-state index contributed by atoms with van der Waals surface area (Å²) in [5, 5.41) is 0. The second-order valence-corrected chi connectivity index (χ2v) is 6.00. The summed E-state index contributed by atoms with van der Waals surface area (Å²) in [6.45, 7) is 6.68. The molecule has 3 rings (SSSR count). The maximum absolute atomic E-state index is 11.8. The fourth-order valence-corrected chi connectivity index (χ4v) is 3.02. The molecule has 2 aromatic rings. The molecule has 1 aliphatic rings. The van der Waals surface area contributed by atoms with E-state index in [-0.39, 0.29) is 11.9 Å². The summed E-state index contributed by atoms with van der Waals surface area (Å²) < 4.78 is 0. The summed E-state index contributed by atoms with van der Waals surface area (Å²) >= 11 is 0. The molecule has 1 atom stereocenters. The highest BCUT2D eigenvalue weighted by atomic mass is 16.2. The highest BCUT2D eigenvalue weighted by Gasteiger charge is 2.29. The van der Waals surface area contributed by atoms with Gasteiger partial charge in [-0.05, 0) is 12.5 Å². The first-order valence-corrected chi connectivity index (χ1v) is 7.95. The van der Waals surface area contributed by atoms with Gasteiger partial charge in [0.1, 0.15) is 5.82 Å². The smallest absolute Gasteiger partial charge is 0.219 e. The average Bonchev–Trinajstić information content (AvgIpc) is 2.58. The zero-order valence-electron chi connectivity index (χ0n) is 13.6. The molecule has 5 heteroatoms. The van der Waals surface area contributed by atoms with E-state index in [1.54, 1.807) is 6.92 Å². The number of aryl methyl sites for hydroxylation is 1. The van der Waals surface area contributed by atoms with Gasteiger partial charge in [0.05, 0.1) is 6.04 Å². The van der Waals surface area contributed by atoms with Crippen molar-refractivity contribution in [1.82, 2.24) is 19.8 Å². The number of rotatable bonds is 3. The number of hydrogen-bond acceptors (Lipinski definition) is 4. The number of piperazine rings is 1. The van der Waals surface area contributed by atoms with Crippen LogP contribution in [0.2, 0.25) is 0 Å². The third-order valence-corrected chi connectivity index (χ3v) is 4.34. The quantitative estimate of drug-likeness (QED) is 0.872. The van der Waals surface area contributed by atoms with E-state index < -0.39 is 0 Å². The van der Waals surface area contributed by atoms with Crippen molar-refractivity contribution in [3.8, 4) is 0 Å². The Labute approximate surface area is 137 Å². The standard InChI is InChI=1S/C18H22N4O/c1-14-19-10-16(11-20-14)12-22-9-8-21(15(2)23)13-18(22)17-6-4-3-5-7-17/h3-7,10-11,18H,8-9,12-13H2,1-2H3/t18-/m1/s1.